The SMILES string of the molecule is NOC(=O)c1ncn(C2OC(COP(=O)([O-])[O-])C(O)C2O)n1.[Li+].[Li+]. The Kier molecular flexibility index (Phi) is 9.36. The predicted octanol–water partition coefficient (Wildman–Crippen LogP) is -10.2. The van der Waals surface area contributed by atoms with Crippen LogP contribution in [0.4, 0.5) is 0 Å². The number of ether oxygens (including phenoxy) is 1. The second-order valence-corrected chi connectivity index (χ2v) is 5.40. The number of aromatic nitrogens is 3. The van der Waals surface area contributed by atoms with Gasteiger partial charge in [-0.3, -0.25) is 0 Å². The molecule has 2 heterocycles. The molecule has 124 valence electrons. The molecular formula is C8H11Li2N4O9P. The number of rotatable bonds is 5. The van der Waals surface area contributed by atoms with Crippen molar-refractivity contribution in [2.24, 2.45) is 5.90 Å². The van der Waals surface area contributed by atoms with Crippen LogP contribution in [-0.4, -0.2) is 55.9 Å². The maximum atomic E-state index is 11.1. The summed E-state index contributed by atoms with van der Waals surface area (Å²) in [5.74, 6) is 3.20. The van der Waals surface area contributed by atoms with Crippen molar-refractivity contribution in [3.63, 3.8) is 0 Å². The summed E-state index contributed by atoms with van der Waals surface area (Å²) >= 11 is 0. The summed E-state index contributed by atoms with van der Waals surface area (Å²) in [6.45, 7) is -0.786. The van der Waals surface area contributed by atoms with Gasteiger partial charge in [-0.2, -0.15) is 5.90 Å². The van der Waals surface area contributed by atoms with Crippen molar-refractivity contribution < 1.29 is 81.2 Å². The van der Waals surface area contributed by atoms with E-state index in [-0.39, 0.29) is 37.7 Å². The molecular weight excluding hydrogens is 341 g/mol. The molecule has 1 aromatic rings. The number of phosphoric acid groups is 1. The Morgan fingerprint density at radius 1 is 1.42 bits per heavy atom. The predicted molar refractivity (Wildman–Crippen MR) is 59.1 cm³/mol. The van der Waals surface area contributed by atoms with Gasteiger partial charge in [0.15, 0.2) is 6.23 Å². The van der Waals surface area contributed by atoms with Crippen LogP contribution < -0.4 is 53.4 Å². The largest absolute Gasteiger partial charge is 1.00 e. The Balaban J connectivity index is 0.00000264. The van der Waals surface area contributed by atoms with Crippen LogP contribution in [0.1, 0.15) is 16.8 Å². The first-order valence-corrected chi connectivity index (χ1v) is 7.19. The van der Waals surface area contributed by atoms with Crippen LogP contribution >= 0.6 is 7.82 Å². The van der Waals surface area contributed by atoms with Crippen molar-refractivity contribution in [2.45, 2.75) is 24.5 Å². The second-order valence-electron chi connectivity index (χ2n) is 4.24. The Bertz CT molecular complexity index is 598. The van der Waals surface area contributed by atoms with Gasteiger partial charge in [-0.1, -0.05) is 0 Å². The van der Waals surface area contributed by atoms with E-state index >= 15 is 0 Å². The van der Waals surface area contributed by atoms with Crippen molar-refractivity contribution in [3.8, 4) is 0 Å². The van der Waals surface area contributed by atoms with Gasteiger partial charge in [0.1, 0.15) is 24.6 Å². The maximum absolute atomic E-state index is 11.1. The molecule has 0 aliphatic carbocycles. The van der Waals surface area contributed by atoms with Gasteiger partial charge in [0, 0.05) is 0 Å². The first-order valence-electron chi connectivity index (χ1n) is 5.73. The zero-order valence-electron chi connectivity index (χ0n) is 12.7. The first kappa shape index (κ1) is 23.8. The van der Waals surface area contributed by atoms with E-state index in [4.69, 9.17) is 4.74 Å². The molecule has 1 aromatic heterocycles. The van der Waals surface area contributed by atoms with Crippen molar-refractivity contribution in [1.29, 1.82) is 0 Å². The minimum Gasteiger partial charge on any atom is -0.790 e. The molecule has 13 nitrogen and oxygen atoms in total. The van der Waals surface area contributed by atoms with Crippen molar-refractivity contribution in [1.82, 2.24) is 14.8 Å². The number of aliphatic hydroxyl groups excluding tert-OH is 2. The fraction of sp³-hybridized carbons (Fsp3) is 0.625. The van der Waals surface area contributed by atoms with Crippen molar-refractivity contribution in [2.75, 3.05) is 6.61 Å². The molecule has 0 spiro atoms. The number of phosphoric ester groups is 1. The third-order valence-corrected chi connectivity index (χ3v) is 3.26. The smallest absolute Gasteiger partial charge is 0.790 e. The van der Waals surface area contributed by atoms with Gasteiger partial charge in [0.25, 0.3) is 5.82 Å². The topological polar surface area (TPSA) is 205 Å². The molecule has 16 heteroatoms. The summed E-state index contributed by atoms with van der Waals surface area (Å²) in [6, 6.07) is 0. The van der Waals surface area contributed by atoms with Gasteiger partial charge in [-0.05, 0) is 0 Å². The van der Waals surface area contributed by atoms with E-state index in [0.29, 0.717) is 0 Å². The quantitative estimate of drug-likeness (QED) is 0.256. The summed E-state index contributed by atoms with van der Waals surface area (Å²) in [5, 5.41) is 23.2. The molecule has 1 saturated heterocycles. The number of aliphatic hydroxyl groups is 2. The molecule has 4 unspecified atom stereocenters. The van der Waals surface area contributed by atoms with E-state index in [1.54, 1.807) is 0 Å². The number of carbonyl (C=O) groups excluding carboxylic acids is 1. The van der Waals surface area contributed by atoms with Gasteiger partial charge >= 0.3 is 43.7 Å². The van der Waals surface area contributed by atoms with Crippen molar-refractivity contribution in [3.05, 3.63) is 12.2 Å². The molecule has 4 atom stereocenters. The minimum absolute atomic E-state index is 0. The third kappa shape index (κ3) is 5.64. The Hall–Kier alpha value is -0.245. The summed E-state index contributed by atoms with van der Waals surface area (Å²) in [4.78, 5) is 39.4. The summed E-state index contributed by atoms with van der Waals surface area (Å²) in [6.07, 6.45) is -4.67. The third-order valence-electron chi connectivity index (χ3n) is 2.79. The summed E-state index contributed by atoms with van der Waals surface area (Å²) in [5.41, 5.74) is 0. The van der Waals surface area contributed by atoms with E-state index in [2.05, 4.69) is 25.3 Å². The zero-order valence-corrected chi connectivity index (χ0v) is 13.6. The van der Waals surface area contributed by atoms with E-state index < -0.39 is 50.8 Å². The molecule has 2 rings (SSSR count). The number of hydrogen-bond donors (Lipinski definition) is 3. The number of nitrogens with zero attached hydrogens (tertiary/aromatic N) is 3. The van der Waals surface area contributed by atoms with Crippen LogP contribution in [0.25, 0.3) is 0 Å². The Labute approximate surface area is 159 Å². The second kappa shape index (κ2) is 9.45. The van der Waals surface area contributed by atoms with Gasteiger partial charge in [-0.15, -0.1) is 5.10 Å². The fourth-order valence-electron chi connectivity index (χ4n) is 1.79. The summed E-state index contributed by atoms with van der Waals surface area (Å²) in [7, 11) is -5.25. The van der Waals surface area contributed by atoms with E-state index in [1.807, 2.05) is 0 Å². The maximum Gasteiger partial charge on any atom is 1.00 e. The van der Waals surface area contributed by atoms with Crippen LogP contribution in [0.5, 0.6) is 0 Å². The first-order chi connectivity index (χ1) is 10.2. The molecule has 0 amide bonds. The molecule has 0 bridgehead atoms. The van der Waals surface area contributed by atoms with Crippen LogP contribution in [0.15, 0.2) is 6.33 Å². The van der Waals surface area contributed by atoms with Crippen LogP contribution in [0.3, 0.4) is 0 Å². The molecule has 1 fully saturated rings. The number of hydrogen-bond acceptors (Lipinski definition) is 12. The van der Waals surface area contributed by atoms with Crippen molar-refractivity contribution >= 4 is 13.8 Å². The van der Waals surface area contributed by atoms with Gasteiger partial charge in [0.2, 0.25) is 0 Å². The van der Waals surface area contributed by atoms with Crippen LogP contribution in [-0.2, 0) is 18.7 Å². The zero-order chi connectivity index (χ0) is 16.5. The average Bonchev–Trinajstić information content (AvgIpc) is 3.02. The molecule has 4 N–H and O–H groups in total. The molecule has 1 aliphatic heterocycles. The molecule has 24 heavy (non-hydrogen) atoms. The van der Waals surface area contributed by atoms with Crippen LogP contribution in [0.2, 0.25) is 0 Å². The Morgan fingerprint density at radius 3 is 2.58 bits per heavy atom. The standard InChI is InChI=1S/C8H13N4O9P.2Li/c9-21-8(15)6-10-2-12(11-6)7-5(14)4(13)3(20-7)1-19-22(16,17)18;;/h2-5,7,13-14H,1,9H2,(H2,16,17,18);;/q;2*+1/p-2. The Morgan fingerprint density at radius 2 is 2.04 bits per heavy atom. The van der Waals surface area contributed by atoms with Gasteiger partial charge < -0.3 is 38.7 Å². The molecule has 0 radical (unpaired) electrons. The van der Waals surface area contributed by atoms with Gasteiger partial charge in [-0.25, -0.2) is 14.5 Å². The minimum atomic E-state index is -5.25. The van der Waals surface area contributed by atoms with Gasteiger partial charge in [0.05, 0.1) is 14.4 Å². The monoisotopic (exact) mass is 352 g/mol. The summed E-state index contributed by atoms with van der Waals surface area (Å²) < 4.78 is 20.4. The van der Waals surface area contributed by atoms with E-state index in [9.17, 15) is 29.4 Å². The number of carbonyl (C=O) groups is 1. The normalized spacial score (nSPS) is 26.4. The fourth-order valence-corrected chi connectivity index (χ4v) is 2.12. The average molecular weight is 352 g/mol. The molecule has 1 aliphatic rings. The molecule has 0 saturated carbocycles. The molecule has 0 aromatic carbocycles. The van der Waals surface area contributed by atoms with E-state index in [0.717, 1.165) is 11.0 Å². The van der Waals surface area contributed by atoms with E-state index in [1.165, 1.54) is 0 Å². The number of nitrogens with two attached hydrogens (primary N) is 1. The van der Waals surface area contributed by atoms with Crippen LogP contribution in [0, 0.1) is 0 Å².